The van der Waals surface area contributed by atoms with Crippen LogP contribution in [0.25, 0.3) is 0 Å². The van der Waals surface area contributed by atoms with Crippen LogP contribution in [0.3, 0.4) is 0 Å². The van der Waals surface area contributed by atoms with Gasteiger partial charge in [0.25, 0.3) is 0 Å². The van der Waals surface area contributed by atoms with Gasteiger partial charge in [0, 0.05) is 57.3 Å². The van der Waals surface area contributed by atoms with Gasteiger partial charge in [0.05, 0.1) is 6.61 Å². The van der Waals surface area contributed by atoms with Crippen molar-refractivity contribution in [1.29, 1.82) is 0 Å². The number of piperidine rings is 1. The van der Waals surface area contributed by atoms with Crippen LogP contribution in [0.15, 0.2) is 0 Å². The fourth-order valence-corrected chi connectivity index (χ4v) is 6.60. The smallest absolute Gasteiger partial charge is 0.409 e. The van der Waals surface area contributed by atoms with Crippen molar-refractivity contribution in [2.75, 3.05) is 45.9 Å². The van der Waals surface area contributed by atoms with E-state index in [1.54, 1.807) is 0 Å². The number of carbonyl (C=O) groups is 1. The highest BCUT2D eigenvalue weighted by molar-refractivity contribution is 5.68. The number of aliphatic hydroxyl groups excluding tert-OH is 1. The Morgan fingerprint density at radius 2 is 1.79 bits per heavy atom. The van der Waals surface area contributed by atoms with Crippen LogP contribution >= 0.6 is 0 Å². The minimum Gasteiger partial charge on any atom is -0.450 e. The normalized spacial score (nSPS) is 35.5. The lowest BCUT2D eigenvalue weighted by Gasteiger charge is -2.54. The lowest BCUT2D eigenvalue weighted by atomic mass is 9.64. The third-order valence-electron chi connectivity index (χ3n) is 8.06. The monoisotopic (exact) mass is 408 g/mol. The first kappa shape index (κ1) is 21.3. The van der Waals surface area contributed by atoms with Gasteiger partial charge in [-0.1, -0.05) is 13.8 Å². The van der Waals surface area contributed by atoms with Crippen LogP contribution in [-0.4, -0.2) is 94.7 Å². The highest BCUT2D eigenvalue weighted by Gasteiger charge is 2.54. The van der Waals surface area contributed by atoms with Crippen molar-refractivity contribution in [3.63, 3.8) is 0 Å². The third-order valence-corrected chi connectivity index (χ3v) is 8.06. The van der Waals surface area contributed by atoms with E-state index in [1.807, 2.05) is 11.8 Å². The fraction of sp³-hybridized carbons (Fsp3) is 0.955. The summed E-state index contributed by atoms with van der Waals surface area (Å²) in [7, 11) is 0. The van der Waals surface area contributed by atoms with Crippen LogP contribution in [0, 0.1) is 5.41 Å². The van der Waals surface area contributed by atoms with Crippen LogP contribution in [0.4, 0.5) is 4.79 Å². The van der Waals surface area contributed by atoms with Gasteiger partial charge in [-0.05, 0) is 50.9 Å². The molecule has 1 aliphatic carbocycles. The summed E-state index contributed by atoms with van der Waals surface area (Å²) in [4.78, 5) is 16.6. The molecule has 7 heteroatoms. The molecule has 3 aliphatic heterocycles. The molecule has 4 rings (SSSR count). The molecule has 29 heavy (non-hydrogen) atoms. The summed E-state index contributed by atoms with van der Waals surface area (Å²) in [6.45, 7) is 12.7. The van der Waals surface area contributed by atoms with Crippen molar-refractivity contribution in [3.05, 3.63) is 0 Å². The van der Waals surface area contributed by atoms with Gasteiger partial charge in [-0.25, -0.2) is 14.8 Å². The van der Waals surface area contributed by atoms with E-state index in [2.05, 4.69) is 28.8 Å². The largest absolute Gasteiger partial charge is 0.450 e. The number of rotatable bonds is 5. The van der Waals surface area contributed by atoms with Crippen molar-refractivity contribution in [1.82, 2.24) is 19.8 Å². The van der Waals surface area contributed by atoms with E-state index in [0.717, 1.165) is 71.4 Å². The second-order valence-corrected chi connectivity index (χ2v) is 9.76. The molecule has 0 aromatic carbocycles. The van der Waals surface area contributed by atoms with Gasteiger partial charge in [0.15, 0.2) is 0 Å². The Morgan fingerprint density at radius 1 is 1.07 bits per heavy atom. The van der Waals surface area contributed by atoms with Gasteiger partial charge in [0.2, 0.25) is 0 Å². The molecule has 3 heterocycles. The molecule has 1 saturated carbocycles. The number of amides is 1. The van der Waals surface area contributed by atoms with Crippen LogP contribution in [-0.2, 0) is 4.74 Å². The van der Waals surface area contributed by atoms with Gasteiger partial charge in [0.1, 0.15) is 6.23 Å². The maximum Gasteiger partial charge on any atom is 0.409 e. The van der Waals surface area contributed by atoms with Crippen LogP contribution < -0.4 is 0 Å². The van der Waals surface area contributed by atoms with E-state index < -0.39 is 0 Å². The van der Waals surface area contributed by atoms with Gasteiger partial charge in [-0.2, -0.15) is 0 Å². The molecule has 1 N–H and O–H groups in total. The van der Waals surface area contributed by atoms with E-state index in [4.69, 9.17) is 4.74 Å². The minimum absolute atomic E-state index is 0.135. The molecular formula is C22H40N4O3. The lowest BCUT2D eigenvalue weighted by Crippen LogP contribution is -2.60. The second-order valence-electron chi connectivity index (χ2n) is 9.76. The fourth-order valence-electron chi connectivity index (χ4n) is 6.60. The van der Waals surface area contributed by atoms with E-state index in [9.17, 15) is 9.90 Å². The van der Waals surface area contributed by atoms with Crippen molar-refractivity contribution in [2.45, 2.75) is 83.5 Å². The SMILES string of the molecule is CCCN1C(O)CC2(CCN(C3CC4(CCN(C(=O)OCC)C4)C3)CC2)N1CC. The number of nitrogens with zero attached hydrogens (tertiary/aromatic N) is 4. The molecule has 4 aliphatic rings. The van der Waals surface area contributed by atoms with Crippen LogP contribution in [0.1, 0.15) is 65.7 Å². The quantitative estimate of drug-likeness (QED) is 0.754. The molecular weight excluding hydrogens is 368 g/mol. The highest BCUT2D eigenvalue weighted by atomic mass is 16.6. The maximum absolute atomic E-state index is 12.0. The summed E-state index contributed by atoms with van der Waals surface area (Å²) in [5.41, 5.74) is 0.485. The second kappa shape index (κ2) is 8.33. The summed E-state index contributed by atoms with van der Waals surface area (Å²) in [6.07, 6.45) is 7.37. The summed E-state index contributed by atoms with van der Waals surface area (Å²) < 4.78 is 5.19. The van der Waals surface area contributed by atoms with Crippen LogP contribution in [0.2, 0.25) is 0 Å². The Bertz CT molecular complexity index is 587. The Balaban J connectivity index is 1.29. The molecule has 1 atom stereocenters. The number of aliphatic hydroxyl groups is 1. The molecule has 0 radical (unpaired) electrons. The number of hydrogen-bond donors (Lipinski definition) is 1. The Morgan fingerprint density at radius 3 is 2.41 bits per heavy atom. The van der Waals surface area contributed by atoms with Crippen molar-refractivity contribution in [3.8, 4) is 0 Å². The zero-order chi connectivity index (χ0) is 20.6. The molecule has 0 aromatic heterocycles. The topological polar surface area (TPSA) is 59.5 Å². The standard InChI is InChI=1S/C22H40N4O3/c1-4-10-25-19(27)16-22(26(25)5-2)8-12-23(13-9-22)18-14-21(15-18)7-11-24(17-21)20(28)29-6-3/h18-19,27H,4-17H2,1-3H3. The predicted molar refractivity (Wildman–Crippen MR) is 112 cm³/mol. The van der Waals surface area contributed by atoms with Crippen molar-refractivity contribution >= 4 is 6.09 Å². The van der Waals surface area contributed by atoms with E-state index in [0.29, 0.717) is 18.1 Å². The van der Waals surface area contributed by atoms with E-state index in [1.165, 1.54) is 12.8 Å². The Hall–Kier alpha value is -0.890. The first-order chi connectivity index (χ1) is 14.0. The minimum atomic E-state index is -0.319. The van der Waals surface area contributed by atoms with E-state index in [-0.39, 0.29) is 17.9 Å². The average molecular weight is 409 g/mol. The number of likely N-dealkylation sites (tertiary alicyclic amines) is 2. The van der Waals surface area contributed by atoms with Gasteiger partial charge in [-0.3, -0.25) is 0 Å². The summed E-state index contributed by atoms with van der Waals surface area (Å²) in [6, 6.07) is 0.669. The predicted octanol–water partition coefficient (Wildman–Crippen LogP) is 2.50. The molecule has 1 amide bonds. The average Bonchev–Trinajstić information content (AvgIpc) is 3.23. The lowest BCUT2D eigenvalue weighted by molar-refractivity contribution is -0.123. The maximum atomic E-state index is 12.0. The van der Waals surface area contributed by atoms with Gasteiger partial charge >= 0.3 is 6.09 Å². The van der Waals surface area contributed by atoms with Crippen molar-refractivity contribution < 1.29 is 14.6 Å². The highest BCUT2D eigenvalue weighted by Crippen LogP contribution is 2.51. The molecule has 1 unspecified atom stereocenters. The number of hydrazine groups is 1. The first-order valence-corrected chi connectivity index (χ1v) is 11.8. The molecule has 3 saturated heterocycles. The third kappa shape index (κ3) is 3.80. The molecule has 0 bridgehead atoms. The molecule has 4 fully saturated rings. The molecule has 0 aromatic rings. The Kier molecular flexibility index (Phi) is 6.13. The number of carbonyl (C=O) groups excluding carboxylic acids is 1. The number of hydrogen-bond acceptors (Lipinski definition) is 6. The zero-order valence-corrected chi connectivity index (χ0v) is 18.6. The summed E-state index contributed by atoms with van der Waals surface area (Å²) >= 11 is 0. The molecule has 166 valence electrons. The zero-order valence-electron chi connectivity index (χ0n) is 18.6. The molecule has 7 nitrogen and oxygen atoms in total. The van der Waals surface area contributed by atoms with E-state index >= 15 is 0 Å². The van der Waals surface area contributed by atoms with Crippen LogP contribution in [0.5, 0.6) is 0 Å². The summed E-state index contributed by atoms with van der Waals surface area (Å²) in [5.74, 6) is 0. The van der Waals surface area contributed by atoms with Gasteiger partial charge < -0.3 is 19.6 Å². The van der Waals surface area contributed by atoms with Gasteiger partial charge in [-0.15, -0.1) is 0 Å². The Labute approximate surface area is 175 Å². The van der Waals surface area contributed by atoms with Crippen molar-refractivity contribution in [2.24, 2.45) is 5.41 Å². The first-order valence-electron chi connectivity index (χ1n) is 11.8. The summed E-state index contributed by atoms with van der Waals surface area (Å²) in [5, 5.41) is 15.3. The molecule has 2 spiro atoms. The number of ether oxygens (including phenoxy) is 1.